The van der Waals surface area contributed by atoms with E-state index in [2.05, 4.69) is 20.8 Å². The maximum atomic E-state index is 11.5. The van der Waals surface area contributed by atoms with Gasteiger partial charge in [-0.1, -0.05) is 39.0 Å². The van der Waals surface area contributed by atoms with Crippen molar-refractivity contribution in [3.05, 3.63) is 35.9 Å². The van der Waals surface area contributed by atoms with E-state index in [0.717, 1.165) is 12.8 Å². The Bertz CT molecular complexity index is 322. The topological polar surface area (TPSA) is 26.3 Å². The first-order chi connectivity index (χ1) is 7.49. The molecule has 0 aromatic heterocycles. The molecule has 0 aliphatic rings. The lowest BCUT2D eigenvalue weighted by Gasteiger charge is -2.17. The molecule has 0 saturated carbocycles. The average Bonchev–Trinajstić information content (AvgIpc) is 2.24. The lowest BCUT2D eigenvalue weighted by molar-refractivity contribution is 0.0488. The second kappa shape index (κ2) is 5.69. The predicted molar refractivity (Wildman–Crippen MR) is 65.4 cm³/mol. The van der Waals surface area contributed by atoms with Crippen molar-refractivity contribution in [3.8, 4) is 0 Å². The summed E-state index contributed by atoms with van der Waals surface area (Å²) in [6.07, 6.45) is 1.98. The first-order valence-electron chi connectivity index (χ1n) is 5.71. The summed E-state index contributed by atoms with van der Waals surface area (Å²) < 4.78 is 5.18. The molecule has 0 fully saturated rings. The molecule has 1 aromatic rings. The minimum absolute atomic E-state index is 0.227. The van der Waals surface area contributed by atoms with Gasteiger partial charge in [0, 0.05) is 0 Å². The molecule has 0 radical (unpaired) electrons. The van der Waals surface area contributed by atoms with Crippen LogP contribution in [0.4, 0.5) is 0 Å². The number of hydrogen-bond acceptors (Lipinski definition) is 2. The number of hydrogen-bond donors (Lipinski definition) is 0. The van der Waals surface area contributed by atoms with Crippen LogP contribution in [0.25, 0.3) is 0 Å². The van der Waals surface area contributed by atoms with Crippen molar-refractivity contribution in [2.24, 2.45) is 5.41 Å². The van der Waals surface area contributed by atoms with Gasteiger partial charge in [-0.15, -0.1) is 0 Å². The summed E-state index contributed by atoms with van der Waals surface area (Å²) in [5, 5.41) is 0. The van der Waals surface area contributed by atoms with E-state index in [-0.39, 0.29) is 5.97 Å². The molecule has 0 unspecified atom stereocenters. The van der Waals surface area contributed by atoms with Crippen LogP contribution < -0.4 is 0 Å². The van der Waals surface area contributed by atoms with Gasteiger partial charge in [-0.25, -0.2) is 4.79 Å². The van der Waals surface area contributed by atoms with Crippen molar-refractivity contribution >= 4 is 5.97 Å². The van der Waals surface area contributed by atoms with Crippen molar-refractivity contribution in [1.29, 1.82) is 0 Å². The molecular formula is C14H20O2. The summed E-state index contributed by atoms with van der Waals surface area (Å²) in [5.41, 5.74) is 0.928. The van der Waals surface area contributed by atoms with Crippen molar-refractivity contribution in [2.45, 2.75) is 33.6 Å². The molecule has 0 N–H and O–H groups in total. The van der Waals surface area contributed by atoms with E-state index < -0.39 is 0 Å². The Morgan fingerprint density at radius 1 is 1.19 bits per heavy atom. The fourth-order valence-corrected chi connectivity index (χ4v) is 1.42. The number of ether oxygens (including phenoxy) is 1. The van der Waals surface area contributed by atoms with Crippen LogP contribution in [0, 0.1) is 5.41 Å². The quantitative estimate of drug-likeness (QED) is 0.571. The zero-order valence-electron chi connectivity index (χ0n) is 10.3. The number of carbonyl (C=O) groups excluding carboxylic acids is 1. The molecule has 1 rings (SSSR count). The van der Waals surface area contributed by atoms with Crippen molar-refractivity contribution < 1.29 is 9.53 Å². The molecule has 88 valence electrons. The Labute approximate surface area is 97.6 Å². The van der Waals surface area contributed by atoms with E-state index in [1.165, 1.54) is 0 Å². The molecule has 16 heavy (non-hydrogen) atoms. The highest BCUT2D eigenvalue weighted by Crippen LogP contribution is 2.20. The monoisotopic (exact) mass is 220 g/mol. The van der Waals surface area contributed by atoms with E-state index in [4.69, 9.17) is 4.74 Å². The fourth-order valence-electron chi connectivity index (χ4n) is 1.42. The molecule has 0 saturated heterocycles. The summed E-state index contributed by atoms with van der Waals surface area (Å²) in [7, 11) is 0. The van der Waals surface area contributed by atoms with Crippen LogP contribution in [0.15, 0.2) is 30.3 Å². The minimum atomic E-state index is -0.227. The highest BCUT2D eigenvalue weighted by molar-refractivity contribution is 5.89. The van der Waals surface area contributed by atoms with Crippen LogP contribution in [0.3, 0.4) is 0 Å². The first-order valence-corrected chi connectivity index (χ1v) is 5.71. The maximum Gasteiger partial charge on any atom is 0.338 e. The summed E-state index contributed by atoms with van der Waals surface area (Å²) in [5.74, 6) is -0.227. The highest BCUT2D eigenvalue weighted by Gasteiger charge is 2.10. The summed E-state index contributed by atoms with van der Waals surface area (Å²) >= 11 is 0. The standard InChI is InChI=1S/C14H20O2/c1-14(2,3)10-7-11-16-13(15)12-8-5-4-6-9-12/h4-6,8-9H,7,10-11H2,1-3H3. The van der Waals surface area contributed by atoms with Crippen LogP contribution >= 0.6 is 0 Å². The van der Waals surface area contributed by atoms with Crippen LogP contribution in [-0.2, 0) is 4.74 Å². The Balaban J connectivity index is 2.27. The van der Waals surface area contributed by atoms with Gasteiger partial charge in [0.2, 0.25) is 0 Å². The van der Waals surface area contributed by atoms with Gasteiger partial charge in [0.15, 0.2) is 0 Å². The molecule has 0 aliphatic heterocycles. The summed E-state index contributed by atoms with van der Waals surface area (Å²) in [6.45, 7) is 7.06. The van der Waals surface area contributed by atoms with E-state index in [0.29, 0.717) is 17.6 Å². The van der Waals surface area contributed by atoms with E-state index in [1.54, 1.807) is 12.1 Å². The Morgan fingerprint density at radius 2 is 1.81 bits per heavy atom. The van der Waals surface area contributed by atoms with Gasteiger partial charge >= 0.3 is 5.97 Å². The Hall–Kier alpha value is -1.31. The molecule has 0 amide bonds. The van der Waals surface area contributed by atoms with Crippen LogP contribution in [0.1, 0.15) is 44.0 Å². The largest absolute Gasteiger partial charge is 0.462 e. The molecule has 2 heteroatoms. The third-order valence-corrected chi connectivity index (χ3v) is 2.31. The zero-order valence-corrected chi connectivity index (χ0v) is 10.3. The Morgan fingerprint density at radius 3 is 2.38 bits per heavy atom. The number of rotatable bonds is 4. The normalized spacial score (nSPS) is 11.2. The third kappa shape index (κ3) is 4.96. The predicted octanol–water partition coefficient (Wildman–Crippen LogP) is 3.67. The molecule has 0 spiro atoms. The number of esters is 1. The van der Waals surface area contributed by atoms with E-state index in [1.807, 2.05) is 18.2 Å². The van der Waals surface area contributed by atoms with Crippen molar-refractivity contribution in [3.63, 3.8) is 0 Å². The molecular weight excluding hydrogens is 200 g/mol. The highest BCUT2D eigenvalue weighted by atomic mass is 16.5. The second-order valence-electron chi connectivity index (χ2n) is 5.17. The van der Waals surface area contributed by atoms with Gasteiger partial charge in [0.1, 0.15) is 0 Å². The SMILES string of the molecule is CC(C)(C)CCCOC(=O)c1ccccc1. The Kier molecular flexibility index (Phi) is 4.53. The smallest absolute Gasteiger partial charge is 0.338 e. The lowest BCUT2D eigenvalue weighted by Crippen LogP contribution is -2.10. The van der Waals surface area contributed by atoms with Gasteiger partial charge in [-0.2, -0.15) is 0 Å². The van der Waals surface area contributed by atoms with E-state index in [9.17, 15) is 4.79 Å². The number of benzene rings is 1. The van der Waals surface area contributed by atoms with Gasteiger partial charge in [-0.05, 0) is 30.4 Å². The lowest BCUT2D eigenvalue weighted by atomic mass is 9.91. The fraction of sp³-hybridized carbons (Fsp3) is 0.500. The third-order valence-electron chi connectivity index (χ3n) is 2.31. The van der Waals surface area contributed by atoms with Crippen LogP contribution in [0.5, 0.6) is 0 Å². The average molecular weight is 220 g/mol. The molecule has 0 atom stereocenters. The molecule has 0 heterocycles. The molecule has 0 aliphatic carbocycles. The minimum Gasteiger partial charge on any atom is -0.462 e. The molecule has 0 bridgehead atoms. The number of carbonyl (C=O) groups is 1. The van der Waals surface area contributed by atoms with Crippen molar-refractivity contribution in [1.82, 2.24) is 0 Å². The van der Waals surface area contributed by atoms with Gasteiger partial charge in [0.05, 0.1) is 12.2 Å². The van der Waals surface area contributed by atoms with Gasteiger partial charge in [0.25, 0.3) is 0 Å². The second-order valence-corrected chi connectivity index (χ2v) is 5.17. The summed E-state index contributed by atoms with van der Waals surface area (Å²) in [6, 6.07) is 9.10. The van der Waals surface area contributed by atoms with E-state index >= 15 is 0 Å². The maximum absolute atomic E-state index is 11.5. The molecule has 2 nitrogen and oxygen atoms in total. The summed E-state index contributed by atoms with van der Waals surface area (Å²) in [4.78, 5) is 11.5. The molecule has 1 aromatic carbocycles. The van der Waals surface area contributed by atoms with Gasteiger partial charge < -0.3 is 4.74 Å². The van der Waals surface area contributed by atoms with Crippen molar-refractivity contribution in [2.75, 3.05) is 6.61 Å². The van der Waals surface area contributed by atoms with Crippen LogP contribution in [0.2, 0.25) is 0 Å². The first kappa shape index (κ1) is 12.8. The zero-order chi connectivity index (χ0) is 12.0. The van der Waals surface area contributed by atoms with Crippen LogP contribution in [-0.4, -0.2) is 12.6 Å². The van der Waals surface area contributed by atoms with Gasteiger partial charge in [-0.3, -0.25) is 0 Å².